The van der Waals surface area contributed by atoms with Gasteiger partial charge >= 0.3 is 5.97 Å². The highest BCUT2D eigenvalue weighted by molar-refractivity contribution is 14.1. The van der Waals surface area contributed by atoms with Crippen LogP contribution in [0.5, 0.6) is 0 Å². The van der Waals surface area contributed by atoms with E-state index in [9.17, 15) is 9.59 Å². The van der Waals surface area contributed by atoms with Crippen LogP contribution in [0.1, 0.15) is 20.7 Å². The monoisotopic (exact) mass is 416 g/mol. The Hall–Kier alpha value is -2.21. The van der Waals surface area contributed by atoms with E-state index in [-0.39, 0.29) is 12.4 Å². The second-order valence-corrected chi connectivity index (χ2v) is 6.20. The number of rotatable bonds is 4. The largest absolute Gasteiger partial charge is 0.454 e. The Balaban J connectivity index is 1.71. The van der Waals surface area contributed by atoms with Crippen molar-refractivity contribution in [2.24, 2.45) is 0 Å². The number of ether oxygens (including phenoxy) is 1. The molecule has 3 aromatic carbocycles. The zero-order valence-corrected chi connectivity index (χ0v) is 14.3. The van der Waals surface area contributed by atoms with Gasteiger partial charge in [0.05, 0.1) is 5.56 Å². The standard InChI is InChI=1S/C19H13IO3/c20-17-8-4-3-7-16(17)19(22)23-12-18(21)15-10-9-13-5-1-2-6-14(13)11-15/h1-11H,12H2. The highest BCUT2D eigenvalue weighted by atomic mass is 127. The lowest BCUT2D eigenvalue weighted by Crippen LogP contribution is -2.15. The number of carbonyl (C=O) groups is 2. The van der Waals surface area contributed by atoms with Gasteiger partial charge in [0, 0.05) is 9.13 Å². The first-order valence-corrected chi connectivity index (χ1v) is 8.17. The molecule has 114 valence electrons. The minimum atomic E-state index is -0.482. The zero-order chi connectivity index (χ0) is 16.2. The predicted molar refractivity (Wildman–Crippen MR) is 97.7 cm³/mol. The molecule has 0 spiro atoms. The fourth-order valence-corrected chi connectivity index (χ4v) is 2.89. The highest BCUT2D eigenvalue weighted by Crippen LogP contribution is 2.17. The van der Waals surface area contributed by atoms with Crippen molar-refractivity contribution in [1.29, 1.82) is 0 Å². The molecule has 3 rings (SSSR count). The summed E-state index contributed by atoms with van der Waals surface area (Å²) in [6, 6.07) is 20.4. The minimum absolute atomic E-state index is 0.213. The Morgan fingerprint density at radius 1 is 0.870 bits per heavy atom. The van der Waals surface area contributed by atoms with Crippen LogP contribution in [0.4, 0.5) is 0 Å². The van der Waals surface area contributed by atoms with E-state index in [0.29, 0.717) is 11.1 Å². The van der Waals surface area contributed by atoms with Crippen molar-refractivity contribution in [2.75, 3.05) is 6.61 Å². The first-order chi connectivity index (χ1) is 11.1. The molecule has 0 radical (unpaired) electrons. The third-order valence-electron chi connectivity index (χ3n) is 3.50. The second kappa shape index (κ2) is 6.91. The van der Waals surface area contributed by atoms with Crippen molar-refractivity contribution in [3.8, 4) is 0 Å². The molecule has 0 saturated carbocycles. The maximum Gasteiger partial charge on any atom is 0.339 e. The average molecular weight is 416 g/mol. The Kier molecular flexibility index (Phi) is 4.71. The van der Waals surface area contributed by atoms with Crippen LogP contribution in [0.2, 0.25) is 0 Å². The summed E-state index contributed by atoms with van der Waals surface area (Å²) in [6.45, 7) is -0.262. The summed E-state index contributed by atoms with van der Waals surface area (Å²) in [5.74, 6) is -0.695. The molecule has 0 atom stereocenters. The van der Waals surface area contributed by atoms with Gasteiger partial charge in [0.15, 0.2) is 12.4 Å². The number of ketones is 1. The van der Waals surface area contributed by atoms with E-state index in [1.54, 1.807) is 18.2 Å². The quantitative estimate of drug-likeness (QED) is 0.358. The number of hydrogen-bond acceptors (Lipinski definition) is 3. The van der Waals surface area contributed by atoms with Gasteiger partial charge < -0.3 is 4.74 Å². The maximum atomic E-state index is 12.2. The number of carbonyl (C=O) groups excluding carboxylic acids is 2. The van der Waals surface area contributed by atoms with Crippen molar-refractivity contribution < 1.29 is 14.3 Å². The van der Waals surface area contributed by atoms with Crippen LogP contribution in [0.15, 0.2) is 66.7 Å². The summed E-state index contributed by atoms with van der Waals surface area (Å²) in [6.07, 6.45) is 0. The first kappa shape index (κ1) is 15.7. The van der Waals surface area contributed by atoms with Gasteiger partial charge in [-0.2, -0.15) is 0 Å². The van der Waals surface area contributed by atoms with Crippen molar-refractivity contribution in [3.63, 3.8) is 0 Å². The molecule has 3 aromatic rings. The van der Waals surface area contributed by atoms with Crippen LogP contribution in [-0.2, 0) is 4.74 Å². The summed E-state index contributed by atoms with van der Waals surface area (Å²) in [4.78, 5) is 24.3. The van der Waals surface area contributed by atoms with Gasteiger partial charge in [-0.25, -0.2) is 4.79 Å². The molecule has 0 aliphatic rings. The molecule has 0 heterocycles. The molecule has 0 aliphatic carbocycles. The summed E-state index contributed by atoms with van der Waals surface area (Å²) in [5.41, 5.74) is 1.01. The van der Waals surface area contributed by atoms with Gasteiger partial charge in [0.25, 0.3) is 0 Å². The summed E-state index contributed by atoms with van der Waals surface area (Å²) in [7, 11) is 0. The number of hydrogen-bond donors (Lipinski definition) is 0. The molecule has 23 heavy (non-hydrogen) atoms. The Morgan fingerprint density at radius 2 is 1.57 bits per heavy atom. The molecule has 0 aliphatic heterocycles. The van der Waals surface area contributed by atoms with Crippen LogP contribution in [0.25, 0.3) is 10.8 Å². The van der Waals surface area contributed by atoms with Crippen LogP contribution in [0.3, 0.4) is 0 Å². The van der Waals surface area contributed by atoms with Crippen molar-refractivity contribution in [2.45, 2.75) is 0 Å². The Bertz CT molecular complexity index is 886. The number of Topliss-reactive ketones (excluding diaryl/α,β-unsaturated/α-hetero) is 1. The van der Waals surface area contributed by atoms with Crippen molar-refractivity contribution >= 4 is 45.1 Å². The van der Waals surface area contributed by atoms with Gasteiger partial charge in [-0.15, -0.1) is 0 Å². The van der Waals surface area contributed by atoms with Gasteiger partial charge in [0.1, 0.15) is 0 Å². The molecular formula is C19H13IO3. The molecular weight excluding hydrogens is 403 g/mol. The molecule has 0 amide bonds. The molecule has 0 N–H and O–H groups in total. The number of esters is 1. The third-order valence-corrected chi connectivity index (χ3v) is 4.44. The third kappa shape index (κ3) is 3.59. The summed E-state index contributed by atoms with van der Waals surface area (Å²) < 4.78 is 5.94. The fourth-order valence-electron chi connectivity index (χ4n) is 2.28. The van der Waals surface area contributed by atoms with Crippen LogP contribution < -0.4 is 0 Å². The molecule has 0 aromatic heterocycles. The Morgan fingerprint density at radius 3 is 2.35 bits per heavy atom. The lowest BCUT2D eigenvalue weighted by atomic mass is 10.0. The molecule has 3 nitrogen and oxygen atoms in total. The van der Waals surface area contributed by atoms with Crippen LogP contribution >= 0.6 is 22.6 Å². The lowest BCUT2D eigenvalue weighted by molar-refractivity contribution is 0.0473. The summed E-state index contributed by atoms with van der Waals surface area (Å²) in [5, 5.41) is 2.06. The van der Waals surface area contributed by atoms with Crippen LogP contribution in [0, 0.1) is 3.57 Å². The van der Waals surface area contributed by atoms with Crippen molar-refractivity contribution in [1.82, 2.24) is 0 Å². The Labute approximate surface area is 147 Å². The van der Waals surface area contributed by atoms with E-state index >= 15 is 0 Å². The normalized spacial score (nSPS) is 10.5. The van der Waals surface area contributed by atoms with Gasteiger partial charge in [-0.1, -0.05) is 48.5 Å². The van der Waals surface area contributed by atoms with E-state index in [0.717, 1.165) is 14.3 Å². The second-order valence-electron chi connectivity index (χ2n) is 5.04. The summed E-state index contributed by atoms with van der Waals surface area (Å²) >= 11 is 2.07. The smallest absolute Gasteiger partial charge is 0.339 e. The zero-order valence-electron chi connectivity index (χ0n) is 12.2. The lowest BCUT2D eigenvalue weighted by Gasteiger charge is -2.06. The molecule has 0 fully saturated rings. The van der Waals surface area contributed by atoms with E-state index in [4.69, 9.17) is 4.74 Å². The predicted octanol–water partition coefficient (Wildman–Crippen LogP) is 4.48. The van der Waals surface area contributed by atoms with E-state index in [2.05, 4.69) is 22.6 Å². The molecule has 4 heteroatoms. The van der Waals surface area contributed by atoms with Gasteiger partial charge in [-0.3, -0.25) is 4.79 Å². The van der Waals surface area contributed by atoms with E-state index in [1.807, 2.05) is 48.5 Å². The van der Waals surface area contributed by atoms with Crippen molar-refractivity contribution in [3.05, 3.63) is 81.4 Å². The maximum absolute atomic E-state index is 12.2. The van der Waals surface area contributed by atoms with Gasteiger partial charge in [0.2, 0.25) is 0 Å². The van der Waals surface area contributed by atoms with Gasteiger partial charge in [-0.05, 0) is 51.6 Å². The fraction of sp³-hybridized carbons (Fsp3) is 0.0526. The molecule has 0 saturated heterocycles. The molecule has 0 bridgehead atoms. The van der Waals surface area contributed by atoms with Crippen LogP contribution in [-0.4, -0.2) is 18.4 Å². The number of fused-ring (bicyclic) bond motifs is 1. The average Bonchev–Trinajstić information content (AvgIpc) is 2.59. The highest BCUT2D eigenvalue weighted by Gasteiger charge is 2.14. The first-order valence-electron chi connectivity index (χ1n) is 7.09. The molecule has 0 unspecified atom stereocenters. The minimum Gasteiger partial charge on any atom is -0.454 e. The van der Waals surface area contributed by atoms with E-state index < -0.39 is 5.97 Å². The SMILES string of the molecule is O=C(COC(=O)c1ccccc1I)c1ccc2ccccc2c1. The van der Waals surface area contributed by atoms with E-state index in [1.165, 1.54) is 0 Å². The number of benzene rings is 3. The number of halogens is 1. The topological polar surface area (TPSA) is 43.4 Å².